The monoisotopic (exact) mass is 341 g/mol. The van der Waals surface area contributed by atoms with E-state index in [2.05, 4.69) is 17.1 Å². The number of hydrogen-bond acceptors (Lipinski definition) is 3. The smallest absolute Gasteiger partial charge is 0.130 e. The molecule has 3 aromatic carbocycles. The Morgan fingerprint density at radius 2 is 1.58 bits per heavy atom. The van der Waals surface area contributed by atoms with E-state index in [-0.39, 0.29) is 6.61 Å². The predicted octanol–water partition coefficient (Wildman–Crippen LogP) is 4.97. The molecular formula is C23H19NO2. The van der Waals surface area contributed by atoms with E-state index in [4.69, 9.17) is 4.74 Å². The lowest BCUT2D eigenvalue weighted by Gasteiger charge is -2.12. The molecular weight excluding hydrogens is 322 g/mol. The van der Waals surface area contributed by atoms with Crippen LogP contribution in [0, 0.1) is 0 Å². The number of para-hydroxylation sites is 1. The second-order valence-electron chi connectivity index (χ2n) is 6.13. The number of benzene rings is 3. The Bertz CT molecular complexity index is 1030. The number of rotatable bonds is 5. The van der Waals surface area contributed by atoms with Crippen molar-refractivity contribution in [3.05, 3.63) is 96.2 Å². The summed E-state index contributed by atoms with van der Waals surface area (Å²) in [5.41, 5.74) is 4.76. The van der Waals surface area contributed by atoms with Crippen molar-refractivity contribution in [2.24, 2.45) is 0 Å². The summed E-state index contributed by atoms with van der Waals surface area (Å²) in [7, 11) is 0. The zero-order chi connectivity index (χ0) is 17.8. The van der Waals surface area contributed by atoms with E-state index in [1.165, 1.54) is 0 Å². The van der Waals surface area contributed by atoms with Crippen LogP contribution in [0.3, 0.4) is 0 Å². The first-order valence-electron chi connectivity index (χ1n) is 8.60. The van der Waals surface area contributed by atoms with Crippen LogP contribution in [0.2, 0.25) is 0 Å². The van der Waals surface area contributed by atoms with E-state index >= 15 is 0 Å². The van der Waals surface area contributed by atoms with Gasteiger partial charge in [-0.05, 0) is 35.4 Å². The van der Waals surface area contributed by atoms with E-state index in [0.717, 1.165) is 33.3 Å². The van der Waals surface area contributed by atoms with Gasteiger partial charge in [0.1, 0.15) is 12.4 Å². The predicted molar refractivity (Wildman–Crippen MR) is 104 cm³/mol. The fourth-order valence-corrected chi connectivity index (χ4v) is 2.99. The molecule has 0 amide bonds. The molecule has 0 aliphatic rings. The highest BCUT2D eigenvalue weighted by molar-refractivity contribution is 5.78. The lowest BCUT2D eigenvalue weighted by Crippen LogP contribution is -2.01. The molecule has 0 radical (unpaired) electrons. The molecule has 0 saturated carbocycles. The molecule has 26 heavy (non-hydrogen) atoms. The number of nitrogens with zero attached hydrogens (tertiary/aromatic N) is 1. The maximum absolute atomic E-state index is 9.73. The number of pyridine rings is 1. The molecule has 0 unspecified atom stereocenters. The topological polar surface area (TPSA) is 42.4 Å². The Morgan fingerprint density at radius 3 is 2.42 bits per heavy atom. The van der Waals surface area contributed by atoms with E-state index in [9.17, 15) is 5.11 Å². The number of aliphatic hydroxyl groups is 1. The third kappa shape index (κ3) is 3.44. The molecule has 1 aromatic heterocycles. The fraction of sp³-hybridized carbons (Fsp3) is 0.0870. The van der Waals surface area contributed by atoms with Crippen molar-refractivity contribution in [2.75, 3.05) is 0 Å². The lowest BCUT2D eigenvalue weighted by atomic mass is 10.0. The van der Waals surface area contributed by atoms with Crippen molar-refractivity contribution in [1.29, 1.82) is 0 Å². The average molecular weight is 341 g/mol. The largest absolute Gasteiger partial charge is 0.487 e. The van der Waals surface area contributed by atoms with Gasteiger partial charge in [-0.3, -0.25) is 0 Å². The zero-order valence-electron chi connectivity index (χ0n) is 14.3. The van der Waals surface area contributed by atoms with Crippen LogP contribution < -0.4 is 4.74 Å². The lowest BCUT2D eigenvalue weighted by molar-refractivity contribution is 0.257. The summed E-state index contributed by atoms with van der Waals surface area (Å²) in [4.78, 5) is 4.62. The van der Waals surface area contributed by atoms with Crippen LogP contribution in [-0.4, -0.2) is 10.1 Å². The van der Waals surface area contributed by atoms with Crippen molar-refractivity contribution in [3.8, 4) is 16.9 Å². The Hall–Kier alpha value is -3.17. The van der Waals surface area contributed by atoms with Crippen molar-refractivity contribution in [1.82, 2.24) is 4.98 Å². The molecule has 0 bridgehead atoms. The molecule has 0 aliphatic carbocycles. The van der Waals surface area contributed by atoms with Crippen LogP contribution in [0.1, 0.15) is 11.3 Å². The van der Waals surface area contributed by atoms with Gasteiger partial charge < -0.3 is 9.84 Å². The molecule has 1 heterocycles. The Balaban J connectivity index is 1.55. The number of hydrogen-bond donors (Lipinski definition) is 1. The van der Waals surface area contributed by atoms with Crippen LogP contribution in [0.15, 0.2) is 84.9 Å². The maximum atomic E-state index is 9.73. The SMILES string of the molecule is OCc1cc(-c2ccccc2)ccc1OCc1ccc2ccccc2n1. The summed E-state index contributed by atoms with van der Waals surface area (Å²) in [6.45, 7) is 0.295. The third-order valence-electron chi connectivity index (χ3n) is 4.37. The number of ether oxygens (including phenoxy) is 1. The van der Waals surface area contributed by atoms with Crippen molar-refractivity contribution >= 4 is 10.9 Å². The van der Waals surface area contributed by atoms with Gasteiger partial charge in [0.25, 0.3) is 0 Å². The highest BCUT2D eigenvalue weighted by Gasteiger charge is 2.07. The Morgan fingerprint density at radius 1 is 0.769 bits per heavy atom. The molecule has 4 rings (SSSR count). The number of aromatic nitrogens is 1. The van der Waals surface area contributed by atoms with Gasteiger partial charge in [-0.1, -0.05) is 60.7 Å². The molecule has 0 fully saturated rings. The molecule has 0 atom stereocenters. The maximum Gasteiger partial charge on any atom is 0.130 e. The van der Waals surface area contributed by atoms with Gasteiger partial charge in [0.15, 0.2) is 0 Å². The van der Waals surface area contributed by atoms with Crippen LogP contribution in [-0.2, 0) is 13.2 Å². The van der Waals surface area contributed by atoms with Crippen LogP contribution in [0.25, 0.3) is 22.0 Å². The van der Waals surface area contributed by atoms with Gasteiger partial charge in [-0.15, -0.1) is 0 Å². The van der Waals surface area contributed by atoms with Gasteiger partial charge in [0.2, 0.25) is 0 Å². The number of fused-ring (bicyclic) bond motifs is 1. The van der Waals surface area contributed by atoms with Gasteiger partial charge >= 0.3 is 0 Å². The third-order valence-corrected chi connectivity index (χ3v) is 4.37. The Kier molecular flexibility index (Phi) is 4.63. The first kappa shape index (κ1) is 16.3. The van der Waals surface area contributed by atoms with E-state index in [0.29, 0.717) is 12.4 Å². The molecule has 3 heteroatoms. The summed E-state index contributed by atoms with van der Waals surface area (Å²) in [5, 5.41) is 10.8. The minimum Gasteiger partial charge on any atom is -0.487 e. The zero-order valence-corrected chi connectivity index (χ0v) is 14.3. The summed E-state index contributed by atoms with van der Waals surface area (Å²) in [6.07, 6.45) is 0. The van der Waals surface area contributed by atoms with E-state index in [1.54, 1.807) is 0 Å². The summed E-state index contributed by atoms with van der Waals surface area (Å²) >= 11 is 0. The standard InChI is InChI=1S/C23H19NO2/c25-15-20-14-19(17-6-2-1-3-7-17)11-13-23(20)26-16-21-12-10-18-8-4-5-9-22(18)24-21/h1-14,25H,15-16H2. The first-order valence-corrected chi connectivity index (χ1v) is 8.60. The molecule has 3 nitrogen and oxygen atoms in total. The summed E-state index contributed by atoms with van der Waals surface area (Å²) in [5.74, 6) is 0.683. The second kappa shape index (κ2) is 7.38. The van der Waals surface area contributed by atoms with Crippen LogP contribution in [0.4, 0.5) is 0 Å². The molecule has 0 saturated heterocycles. The minimum atomic E-state index is -0.0683. The molecule has 4 aromatic rings. The minimum absolute atomic E-state index is 0.0683. The fourth-order valence-electron chi connectivity index (χ4n) is 2.99. The van der Waals surface area contributed by atoms with Crippen LogP contribution in [0.5, 0.6) is 5.75 Å². The van der Waals surface area contributed by atoms with Crippen molar-refractivity contribution in [2.45, 2.75) is 13.2 Å². The molecule has 128 valence electrons. The van der Waals surface area contributed by atoms with E-state index in [1.807, 2.05) is 72.8 Å². The quantitative estimate of drug-likeness (QED) is 0.557. The molecule has 0 aliphatic heterocycles. The van der Waals surface area contributed by atoms with Crippen molar-refractivity contribution in [3.63, 3.8) is 0 Å². The second-order valence-corrected chi connectivity index (χ2v) is 6.13. The molecule has 0 spiro atoms. The Labute approximate surface area is 152 Å². The highest BCUT2D eigenvalue weighted by Crippen LogP contribution is 2.27. The van der Waals surface area contributed by atoms with Gasteiger partial charge in [-0.2, -0.15) is 0 Å². The average Bonchev–Trinajstić information content (AvgIpc) is 2.72. The van der Waals surface area contributed by atoms with Gasteiger partial charge in [0.05, 0.1) is 17.8 Å². The van der Waals surface area contributed by atoms with Gasteiger partial charge in [0, 0.05) is 10.9 Å². The summed E-state index contributed by atoms with van der Waals surface area (Å²) < 4.78 is 5.93. The summed E-state index contributed by atoms with van der Waals surface area (Å²) in [6, 6.07) is 28.0. The number of aliphatic hydroxyl groups excluding tert-OH is 1. The van der Waals surface area contributed by atoms with Gasteiger partial charge in [-0.25, -0.2) is 4.98 Å². The van der Waals surface area contributed by atoms with Crippen LogP contribution >= 0.6 is 0 Å². The highest BCUT2D eigenvalue weighted by atomic mass is 16.5. The first-order chi connectivity index (χ1) is 12.8. The molecule has 1 N–H and O–H groups in total. The van der Waals surface area contributed by atoms with E-state index < -0.39 is 0 Å². The normalized spacial score (nSPS) is 10.8. The van der Waals surface area contributed by atoms with Crippen molar-refractivity contribution < 1.29 is 9.84 Å².